The molecule has 0 bridgehead atoms. The number of piperidine rings is 1. The number of sulfonamides is 1. The lowest BCUT2D eigenvalue weighted by Crippen LogP contribution is -2.44. The van der Waals surface area contributed by atoms with Gasteiger partial charge in [-0.1, -0.05) is 24.9 Å². The predicted octanol–water partition coefficient (Wildman–Crippen LogP) is 2.52. The Morgan fingerprint density at radius 3 is 2.91 bits per heavy atom. The summed E-state index contributed by atoms with van der Waals surface area (Å²) < 4.78 is 26.0. The summed E-state index contributed by atoms with van der Waals surface area (Å²) in [6.07, 6.45) is 4.31. The molecule has 0 spiro atoms. The standard InChI is InChI=1S/C15H22ClN3O3S/c1-2-3-9-23(21,22)19-8-4-5-12(11-19)15(20)18-14-7-6-13(16)10-17-14/h6-7,10,12H,2-5,8-9,11H2,1H3,(H,17,18,20)/t12-/m0/s1. The predicted molar refractivity (Wildman–Crippen MR) is 90.9 cm³/mol. The number of carbonyl (C=O) groups excluding carboxylic acids is 1. The molecule has 1 aliphatic heterocycles. The van der Waals surface area contributed by atoms with Gasteiger partial charge >= 0.3 is 0 Å². The first-order valence-corrected chi connectivity index (χ1v) is 9.81. The zero-order valence-electron chi connectivity index (χ0n) is 13.2. The molecule has 0 radical (unpaired) electrons. The van der Waals surface area contributed by atoms with Crippen LogP contribution in [0.4, 0.5) is 5.82 Å². The highest BCUT2D eigenvalue weighted by atomic mass is 35.5. The van der Waals surface area contributed by atoms with Crippen LogP contribution in [0.15, 0.2) is 18.3 Å². The Hall–Kier alpha value is -1.18. The molecule has 1 atom stereocenters. The van der Waals surface area contributed by atoms with Crippen LogP contribution in [0.2, 0.25) is 5.02 Å². The molecule has 2 rings (SSSR count). The molecule has 6 nitrogen and oxygen atoms in total. The Balaban J connectivity index is 1.97. The Labute approximate surface area is 142 Å². The molecule has 0 aliphatic carbocycles. The van der Waals surface area contributed by atoms with E-state index in [4.69, 9.17) is 11.6 Å². The van der Waals surface area contributed by atoms with Crippen LogP contribution in [0, 0.1) is 5.92 Å². The van der Waals surface area contributed by atoms with Gasteiger partial charge in [0.1, 0.15) is 5.82 Å². The monoisotopic (exact) mass is 359 g/mol. The number of rotatable bonds is 6. The van der Waals surface area contributed by atoms with E-state index in [9.17, 15) is 13.2 Å². The van der Waals surface area contributed by atoms with Gasteiger partial charge in [-0.05, 0) is 31.4 Å². The average Bonchev–Trinajstić information content (AvgIpc) is 2.55. The summed E-state index contributed by atoms with van der Waals surface area (Å²) in [6, 6.07) is 3.27. The normalized spacial score (nSPS) is 19.5. The maximum atomic E-state index is 12.3. The van der Waals surface area contributed by atoms with E-state index in [2.05, 4.69) is 10.3 Å². The fourth-order valence-electron chi connectivity index (χ4n) is 2.54. The third kappa shape index (κ3) is 5.16. The van der Waals surface area contributed by atoms with Gasteiger partial charge in [-0.15, -0.1) is 0 Å². The summed E-state index contributed by atoms with van der Waals surface area (Å²) in [5.41, 5.74) is 0. The lowest BCUT2D eigenvalue weighted by Gasteiger charge is -2.31. The molecule has 128 valence electrons. The zero-order valence-corrected chi connectivity index (χ0v) is 14.7. The first kappa shape index (κ1) is 18.2. The molecular weight excluding hydrogens is 338 g/mol. The summed E-state index contributed by atoms with van der Waals surface area (Å²) in [4.78, 5) is 16.4. The van der Waals surface area contributed by atoms with Crippen LogP contribution in [0.25, 0.3) is 0 Å². The highest BCUT2D eigenvalue weighted by Gasteiger charge is 2.32. The molecule has 2 heterocycles. The van der Waals surface area contributed by atoms with Crippen molar-refractivity contribution in [3.05, 3.63) is 23.4 Å². The lowest BCUT2D eigenvalue weighted by molar-refractivity contribution is -0.120. The number of pyridine rings is 1. The summed E-state index contributed by atoms with van der Waals surface area (Å²) in [5, 5.41) is 3.22. The van der Waals surface area contributed by atoms with E-state index in [0.29, 0.717) is 36.6 Å². The number of nitrogens with zero attached hydrogens (tertiary/aromatic N) is 2. The summed E-state index contributed by atoms with van der Waals surface area (Å²) in [7, 11) is -3.27. The molecule has 1 N–H and O–H groups in total. The maximum absolute atomic E-state index is 12.3. The van der Waals surface area contributed by atoms with E-state index in [1.54, 1.807) is 12.1 Å². The number of nitrogens with one attached hydrogen (secondary N) is 1. The first-order valence-electron chi connectivity index (χ1n) is 7.82. The van der Waals surface area contributed by atoms with Crippen LogP contribution in [0.1, 0.15) is 32.6 Å². The van der Waals surface area contributed by atoms with E-state index in [0.717, 1.165) is 6.42 Å². The number of unbranched alkanes of at least 4 members (excludes halogenated alkanes) is 1. The Kier molecular flexibility index (Phi) is 6.38. The second kappa shape index (κ2) is 8.08. The molecular formula is C15H22ClN3O3S. The minimum atomic E-state index is -3.27. The van der Waals surface area contributed by atoms with E-state index in [1.165, 1.54) is 10.5 Å². The van der Waals surface area contributed by atoms with Gasteiger partial charge in [0.2, 0.25) is 15.9 Å². The number of halogens is 1. The molecule has 23 heavy (non-hydrogen) atoms. The number of aromatic nitrogens is 1. The number of carbonyl (C=O) groups is 1. The first-order chi connectivity index (χ1) is 10.9. The fraction of sp³-hybridized carbons (Fsp3) is 0.600. The molecule has 0 saturated carbocycles. The quantitative estimate of drug-likeness (QED) is 0.846. The van der Waals surface area contributed by atoms with Crippen molar-refractivity contribution in [3.63, 3.8) is 0 Å². The van der Waals surface area contributed by atoms with Gasteiger partial charge in [-0.25, -0.2) is 17.7 Å². The van der Waals surface area contributed by atoms with E-state index < -0.39 is 10.0 Å². The molecule has 1 aromatic rings. The van der Waals surface area contributed by atoms with Gasteiger partial charge in [0.15, 0.2) is 0 Å². The molecule has 1 aromatic heterocycles. The van der Waals surface area contributed by atoms with E-state index in [-0.39, 0.29) is 24.1 Å². The van der Waals surface area contributed by atoms with Crippen molar-refractivity contribution in [2.75, 3.05) is 24.2 Å². The minimum Gasteiger partial charge on any atom is -0.310 e. The Morgan fingerprint density at radius 2 is 2.26 bits per heavy atom. The van der Waals surface area contributed by atoms with Crippen LogP contribution in [-0.4, -0.2) is 42.5 Å². The second-order valence-corrected chi connectivity index (χ2v) is 8.24. The molecule has 1 aliphatic rings. The topological polar surface area (TPSA) is 79.4 Å². The highest BCUT2D eigenvalue weighted by molar-refractivity contribution is 7.89. The summed E-state index contributed by atoms with van der Waals surface area (Å²) in [5.74, 6) is 0.0227. The second-order valence-electron chi connectivity index (χ2n) is 5.72. The molecule has 0 unspecified atom stereocenters. The van der Waals surface area contributed by atoms with Gasteiger partial charge in [-0.3, -0.25) is 4.79 Å². The minimum absolute atomic E-state index is 0.149. The van der Waals surface area contributed by atoms with E-state index in [1.807, 2.05) is 6.92 Å². The van der Waals surface area contributed by atoms with Gasteiger partial charge < -0.3 is 5.32 Å². The van der Waals surface area contributed by atoms with Crippen molar-refractivity contribution in [2.24, 2.45) is 5.92 Å². The third-order valence-corrected chi connectivity index (χ3v) is 6.03. The largest absolute Gasteiger partial charge is 0.310 e. The molecule has 1 fully saturated rings. The van der Waals surface area contributed by atoms with Crippen molar-refractivity contribution < 1.29 is 13.2 Å². The third-order valence-electron chi connectivity index (χ3n) is 3.88. The van der Waals surface area contributed by atoms with Crippen molar-refractivity contribution in [3.8, 4) is 0 Å². The van der Waals surface area contributed by atoms with Gasteiger partial charge in [-0.2, -0.15) is 0 Å². The van der Waals surface area contributed by atoms with Crippen LogP contribution >= 0.6 is 11.6 Å². The maximum Gasteiger partial charge on any atom is 0.229 e. The van der Waals surface area contributed by atoms with Gasteiger partial charge in [0.25, 0.3) is 0 Å². The number of amides is 1. The van der Waals surface area contributed by atoms with E-state index >= 15 is 0 Å². The SMILES string of the molecule is CCCCS(=O)(=O)N1CCC[C@H](C(=O)Nc2ccc(Cl)cn2)C1. The lowest BCUT2D eigenvalue weighted by atomic mass is 9.99. The fourth-order valence-corrected chi connectivity index (χ4v) is 4.38. The van der Waals surface area contributed by atoms with Gasteiger partial charge in [0.05, 0.1) is 16.7 Å². The molecule has 8 heteroatoms. The molecule has 1 saturated heterocycles. The number of hydrogen-bond donors (Lipinski definition) is 1. The van der Waals surface area contributed by atoms with Gasteiger partial charge in [0, 0.05) is 19.3 Å². The highest BCUT2D eigenvalue weighted by Crippen LogP contribution is 2.21. The van der Waals surface area contributed by atoms with Crippen molar-refractivity contribution in [2.45, 2.75) is 32.6 Å². The van der Waals surface area contributed by atoms with Crippen LogP contribution in [-0.2, 0) is 14.8 Å². The smallest absolute Gasteiger partial charge is 0.229 e. The summed E-state index contributed by atoms with van der Waals surface area (Å²) in [6.45, 7) is 2.70. The van der Waals surface area contributed by atoms with Crippen LogP contribution in [0.5, 0.6) is 0 Å². The molecule has 1 amide bonds. The van der Waals surface area contributed by atoms with Crippen LogP contribution in [0.3, 0.4) is 0 Å². The van der Waals surface area contributed by atoms with Crippen molar-refractivity contribution in [1.29, 1.82) is 0 Å². The Morgan fingerprint density at radius 1 is 1.48 bits per heavy atom. The average molecular weight is 360 g/mol. The molecule has 0 aromatic carbocycles. The zero-order chi connectivity index (χ0) is 16.9. The number of hydrogen-bond acceptors (Lipinski definition) is 4. The number of anilines is 1. The van der Waals surface area contributed by atoms with Crippen molar-refractivity contribution >= 4 is 33.3 Å². The Bertz CT molecular complexity index is 634. The summed E-state index contributed by atoms with van der Waals surface area (Å²) >= 11 is 5.76. The van der Waals surface area contributed by atoms with Crippen molar-refractivity contribution in [1.82, 2.24) is 9.29 Å². The van der Waals surface area contributed by atoms with Crippen LogP contribution < -0.4 is 5.32 Å².